The van der Waals surface area contributed by atoms with Gasteiger partial charge in [-0.1, -0.05) is 6.07 Å². The van der Waals surface area contributed by atoms with Gasteiger partial charge < -0.3 is 15.6 Å². The SMILES string of the molecule is COC(=O)Nc1ccc(CN)c(O)c1. The number of amides is 1. The van der Waals surface area contributed by atoms with Gasteiger partial charge in [-0.05, 0) is 6.07 Å². The first-order valence-electron chi connectivity index (χ1n) is 4.04. The van der Waals surface area contributed by atoms with E-state index >= 15 is 0 Å². The Morgan fingerprint density at radius 2 is 2.36 bits per heavy atom. The van der Waals surface area contributed by atoms with Crippen LogP contribution in [0, 0.1) is 0 Å². The fourth-order valence-corrected chi connectivity index (χ4v) is 0.983. The molecule has 1 amide bonds. The summed E-state index contributed by atoms with van der Waals surface area (Å²) in [5.41, 5.74) is 6.45. The highest BCUT2D eigenvalue weighted by Gasteiger charge is 2.03. The average Bonchev–Trinajstić information content (AvgIpc) is 2.18. The first-order valence-corrected chi connectivity index (χ1v) is 4.04. The fourth-order valence-electron chi connectivity index (χ4n) is 0.983. The van der Waals surface area contributed by atoms with Crippen molar-refractivity contribution in [1.29, 1.82) is 0 Å². The van der Waals surface area contributed by atoms with Gasteiger partial charge in [-0.25, -0.2) is 4.79 Å². The molecule has 5 nitrogen and oxygen atoms in total. The second-order valence-electron chi connectivity index (χ2n) is 2.66. The molecule has 5 heteroatoms. The van der Waals surface area contributed by atoms with Crippen LogP contribution < -0.4 is 11.1 Å². The van der Waals surface area contributed by atoms with Gasteiger partial charge in [0, 0.05) is 23.9 Å². The van der Waals surface area contributed by atoms with Gasteiger partial charge in [0.05, 0.1) is 7.11 Å². The Balaban J connectivity index is 2.81. The third-order valence-corrected chi connectivity index (χ3v) is 1.74. The Labute approximate surface area is 81.5 Å². The molecule has 0 unspecified atom stereocenters. The lowest BCUT2D eigenvalue weighted by Gasteiger charge is -2.06. The Morgan fingerprint density at radius 1 is 1.64 bits per heavy atom. The molecule has 0 aromatic heterocycles. The Bertz CT molecular complexity index is 339. The maximum Gasteiger partial charge on any atom is 0.411 e. The molecule has 4 N–H and O–H groups in total. The summed E-state index contributed by atoms with van der Waals surface area (Å²) in [5.74, 6) is 0.0569. The first kappa shape index (κ1) is 10.3. The van der Waals surface area contributed by atoms with E-state index in [2.05, 4.69) is 10.1 Å². The number of phenols is 1. The number of hydrogen-bond acceptors (Lipinski definition) is 4. The summed E-state index contributed by atoms with van der Waals surface area (Å²) < 4.78 is 4.39. The van der Waals surface area contributed by atoms with Crippen molar-refractivity contribution in [2.24, 2.45) is 5.73 Å². The highest BCUT2D eigenvalue weighted by molar-refractivity contribution is 5.84. The van der Waals surface area contributed by atoms with E-state index in [1.807, 2.05) is 0 Å². The molecule has 0 fully saturated rings. The first-order chi connectivity index (χ1) is 6.67. The van der Waals surface area contributed by atoms with Gasteiger partial charge in [-0.15, -0.1) is 0 Å². The third-order valence-electron chi connectivity index (χ3n) is 1.74. The number of rotatable bonds is 2. The molecule has 14 heavy (non-hydrogen) atoms. The fraction of sp³-hybridized carbons (Fsp3) is 0.222. The summed E-state index contributed by atoms with van der Waals surface area (Å²) in [6, 6.07) is 4.69. The zero-order valence-electron chi connectivity index (χ0n) is 7.78. The summed E-state index contributed by atoms with van der Waals surface area (Å²) in [6.45, 7) is 0.254. The number of hydrogen-bond donors (Lipinski definition) is 3. The summed E-state index contributed by atoms with van der Waals surface area (Å²) in [7, 11) is 1.27. The number of phenolic OH excluding ortho intramolecular Hbond substituents is 1. The molecule has 0 bridgehead atoms. The summed E-state index contributed by atoms with van der Waals surface area (Å²) in [6.07, 6.45) is -0.579. The van der Waals surface area contributed by atoms with Crippen LogP contribution in [0.4, 0.5) is 10.5 Å². The van der Waals surface area contributed by atoms with E-state index in [1.54, 1.807) is 12.1 Å². The van der Waals surface area contributed by atoms with Gasteiger partial charge in [-0.2, -0.15) is 0 Å². The highest BCUT2D eigenvalue weighted by Crippen LogP contribution is 2.21. The van der Waals surface area contributed by atoms with Crippen molar-refractivity contribution >= 4 is 11.8 Å². The average molecular weight is 196 g/mol. The zero-order chi connectivity index (χ0) is 10.6. The monoisotopic (exact) mass is 196 g/mol. The maximum atomic E-state index is 10.8. The lowest BCUT2D eigenvalue weighted by Crippen LogP contribution is -2.10. The van der Waals surface area contributed by atoms with Crippen LogP contribution in [-0.4, -0.2) is 18.3 Å². The van der Waals surface area contributed by atoms with Crippen LogP contribution in [0.15, 0.2) is 18.2 Å². The normalized spacial score (nSPS) is 9.57. The second-order valence-corrected chi connectivity index (χ2v) is 2.66. The molecule has 0 heterocycles. The Kier molecular flexibility index (Phi) is 3.30. The van der Waals surface area contributed by atoms with Crippen molar-refractivity contribution in [2.45, 2.75) is 6.54 Å². The molecule has 1 rings (SSSR count). The molecule has 0 aliphatic carbocycles. The number of methoxy groups -OCH3 is 1. The molecule has 0 radical (unpaired) electrons. The van der Waals surface area contributed by atoms with E-state index in [0.29, 0.717) is 11.3 Å². The second kappa shape index (κ2) is 4.48. The third kappa shape index (κ3) is 2.37. The molecule has 0 atom stereocenters. The molecular formula is C9H12N2O3. The van der Waals surface area contributed by atoms with Gasteiger partial charge in [0.2, 0.25) is 0 Å². The number of ether oxygens (including phenoxy) is 1. The van der Waals surface area contributed by atoms with Gasteiger partial charge in [-0.3, -0.25) is 5.32 Å². The van der Waals surface area contributed by atoms with Crippen molar-refractivity contribution in [2.75, 3.05) is 12.4 Å². The smallest absolute Gasteiger partial charge is 0.411 e. The zero-order valence-corrected chi connectivity index (χ0v) is 7.78. The quantitative estimate of drug-likeness (QED) is 0.659. The maximum absolute atomic E-state index is 10.8. The van der Waals surface area contributed by atoms with E-state index in [0.717, 1.165) is 0 Å². The van der Waals surface area contributed by atoms with E-state index in [9.17, 15) is 9.90 Å². The number of nitrogens with one attached hydrogen (secondary N) is 1. The van der Waals surface area contributed by atoms with Crippen LogP contribution in [0.1, 0.15) is 5.56 Å². The molecular weight excluding hydrogens is 184 g/mol. The van der Waals surface area contributed by atoms with Crippen LogP contribution in [0.25, 0.3) is 0 Å². The minimum absolute atomic E-state index is 0.0569. The van der Waals surface area contributed by atoms with Gasteiger partial charge in [0.15, 0.2) is 0 Å². The number of carbonyl (C=O) groups is 1. The molecule has 0 saturated carbocycles. The van der Waals surface area contributed by atoms with Crippen LogP contribution in [0.2, 0.25) is 0 Å². The molecule has 1 aromatic rings. The van der Waals surface area contributed by atoms with Crippen molar-refractivity contribution in [3.8, 4) is 5.75 Å². The summed E-state index contributed by atoms with van der Waals surface area (Å²) in [5, 5.41) is 11.8. The summed E-state index contributed by atoms with van der Waals surface area (Å²) in [4.78, 5) is 10.8. The minimum Gasteiger partial charge on any atom is -0.508 e. The molecule has 0 spiro atoms. The number of benzene rings is 1. The summed E-state index contributed by atoms with van der Waals surface area (Å²) >= 11 is 0. The largest absolute Gasteiger partial charge is 0.508 e. The standard InChI is InChI=1S/C9H12N2O3/c1-14-9(13)11-7-3-2-6(5-10)8(12)4-7/h2-4,12H,5,10H2,1H3,(H,11,13). The van der Waals surface area contributed by atoms with E-state index in [1.165, 1.54) is 13.2 Å². The Morgan fingerprint density at radius 3 is 2.86 bits per heavy atom. The number of aromatic hydroxyl groups is 1. The number of nitrogens with two attached hydrogens (primary N) is 1. The molecule has 0 aliphatic rings. The topological polar surface area (TPSA) is 84.6 Å². The lowest BCUT2D eigenvalue weighted by atomic mass is 10.2. The van der Waals surface area contributed by atoms with Crippen LogP contribution in [-0.2, 0) is 11.3 Å². The van der Waals surface area contributed by atoms with Crippen LogP contribution >= 0.6 is 0 Å². The molecule has 0 saturated heterocycles. The van der Waals surface area contributed by atoms with E-state index in [4.69, 9.17) is 5.73 Å². The molecule has 0 aliphatic heterocycles. The van der Waals surface area contributed by atoms with Gasteiger partial charge >= 0.3 is 6.09 Å². The van der Waals surface area contributed by atoms with Crippen LogP contribution in [0.3, 0.4) is 0 Å². The number of anilines is 1. The van der Waals surface area contributed by atoms with Crippen molar-refractivity contribution in [3.63, 3.8) is 0 Å². The van der Waals surface area contributed by atoms with Gasteiger partial charge in [0.25, 0.3) is 0 Å². The molecule has 1 aromatic carbocycles. The highest BCUT2D eigenvalue weighted by atomic mass is 16.5. The minimum atomic E-state index is -0.579. The number of carbonyl (C=O) groups excluding carboxylic acids is 1. The van der Waals surface area contributed by atoms with Crippen LogP contribution in [0.5, 0.6) is 5.75 Å². The van der Waals surface area contributed by atoms with Crippen molar-refractivity contribution in [3.05, 3.63) is 23.8 Å². The van der Waals surface area contributed by atoms with Crippen molar-refractivity contribution < 1.29 is 14.6 Å². The Hall–Kier alpha value is -1.75. The van der Waals surface area contributed by atoms with E-state index in [-0.39, 0.29) is 12.3 Å². The van der Waals surface area contributed by atoms with Crippen molar-refractivity contribution in [1.82, 2.24) is 0 Å². The van der Waals surface area contributed by atoms with Gasteiger partial charge in [0.1, 0.15) is 5.75 Å². The van der Waals surface area contributed by atoms with E-state index < -0.39 is 6.09 Å². The lowest BCUT2D eigenvalue weighted by molar-refractivity contribution is 0.187. The predicted octanol–water partition coefficient (Wildman–Crippen LogP) is 1.03. The molecule has 76 valence electrons. The predicted molar refractivity (Wildman–Crippen MR) is 52.0 cm³/mol.